The summed E-state index contributed by atoms with van der Waals surface area (Å²) in [6.07, 6.45) is 5.95. The highest BCUT2D eigenvalue weighted by Gasteiger charge is 2.23. The number of carbonyl (C=O) groups is 1. The van der Waals surface area contributed by atoms with E-state index >= 15 is 0 Å². The molecule has 2 aliphatic heterocycles. The van der Waals surface area contributed by atoms with E-state index in [-0.39, 0.29) is 18.1 Å². The standard InChI is InChI=1S/C23H29N3O4/c27-23(18-5-7-20(8-6-18)30-17-21-4-2-12-29-21)25-16-22(19-3-1-9-24-15-19)26-10-13-28-14-11-26/h1,3,5-9,15,21-22H,2,4,10-14,16-17H2,(H,25,27)/t21-,22-/m1/s1. The van der Waals surface area contributed by atoms with E-state index in [9.17, 15) is 4.79 Å². The van der Waals surface area contributed by atoms with Crippen molar-refractivity contribution in [3.63, 3.8) is 0 Å². The Morgan fingerprint density at radius 1 is 1.20 bits per heavy atom. The molecule has 0 bridgehead atoms. The Bertz CT molecular complexity index is 788. The fourth-order valence-electron chi connectivity index (χ4n) is 3.88. The van der Waals surface area contributed by atoms with Crippen LogP contribution in [0.3, 0.4) is 0 Å². The van der Waals surface area contributed by atoms with Gasteiger partial charge in [-0.3, -0.25) is 14.7 Å². The Labute approximate surface area is 177 Å². The fraction of sp³-hybridized carbons (Fsp3) is 0.478. The number of rotatable bonds is 8. The fourth-order valence-corrected chi connectivity index (χ4v) is 3.88. The number of morpholine rings is 1. The molecule has 0 unspecified atom stereocenters. The first-order valence-corrected chi connectivity index (χ1v) is 10.6. The molecule has 30 heavy (non-hydrogen) atoms. The number of nitrogens with one attached hydrogen (secondary N) is 1. The highest BCUT2D eigenvalue weighted by molar-refractivity contribution is 5.94. The molecule has 2 fully saturated rings. The monoisotopic (exact) mass is 411 g/mol. The number of nitrogens with zero attached hydrogens (tertiary/aromatic N) is 2. The Balaban J connectivity index is 1.33. The maximum Gasteiger partial charge on any atom is 0.251 e. The Morgan fingerprint density at radius 3 is 2.73 bits per heavy atom. The largest absolute Gasteiger partial charge is 0.491 e. The summed E-state index contributed by atoms with van der Waals surface area (Å²) in [6.45, 7) is 4.98. The van der Waals surface area contributed by atoms with Crippen molar-refractivity contribution in [2.45, 2.75) is 25.0 Å². The zero-order chi connectivity index (χ0) is 20.6. The van der Waals surface area contributed by atoms with Gasteiger partial charge in [0, 0.05) is 44.2 Å². The van der Waals surface area contributed by atoms with Crippen LogP contribution in [0.4, 0.5) is 0 Å². The summed E-state index contributed by atoms with van der Waals surface area (Å²) in [6, 6.07) is 11.3. The van der Waals surface area contributed by atoms with E-state index < -0.39 is 0 Å². The van der Waals surface area contributed by atoms with Gasteiger partial charge in [-0.25, -0.2) is 0 Å². The molecule has 1 N–H and O–H groups in total. The van der Waals surface area contributed by atoms with E-state index in [1.54, 1.807) is 18.3 Å². The molecule has 2 aliphatic rings. The van der Waals surface area contributed by atoms with Crippen LogP contribution in [0.5, 0.6) is 5.75 Å². The van der Waals surface area contributed by atoms with Gasteiger partial charge in [0.2, 0.25) is 0 Å². The number of aromatic nitrogens is 1. The van der Waals surface area contributed by atoms with Gasteiger partial charge in [-0.2, -0.15) is 0 Å². The van der Waals surface area contributed by atoms with Gasteiger partial charge in [-0.1, -0.05) is 6.07 Å². The summed E-state index contributed by atoms with van der Waals surface area (Å²) in [5.41, 5.74) is 1.71. The molecule has 1 aromatic carbocycles. The topological polar surface area (TPSA) is 72.9 Å². The van der Waals surface area contributed by atoms with Gasteiger partial charge in [0.15, 0.2) is 0 Å². The molecular formula is C23H29N3O4. The first-order chi connectivity index (χ1) is 14.8. The molecule has 2 aromatic rings. The molecular weight excluding hydrogens is 382 g/mol. The molecule has 1 aromatic heterocycles. The maximum atomic E-state index is 12.7. The summed E-state index contributed by atoms with van der Waals surface area (Å²) in [7, 11) is 0. The third kappa shape index (κ3) is 5.56. The van der Waals surface area contributed by atoms with Crippen LogP contribution in [-0.4, -0.2) is 68.0 Å². The Kier molecular flexibility index (Phi) is 7.29. The first kappa shape index (κ1) is 20.8. The first-order valence-electron chi connectivity index (χ1n) is 10.6. The van der Waals surface area contributed by atoms with Crippen LogP contribution in [0.2, 0.25) is 0 Å². The smallest absolute Gasteiger partial charge is 0.251 e. The Hall–Kier alpha value is -2.48. The average molecular weight is 412 g/mol. The number of hydrogen-bond donors (Lipinski definition) is 1. The third-order valence-corrected chi connectivity index (χ3v) is 5.59. The number of hydrogen-bond acceptors (Lipinski definition) is 6. The number of pyridine rings is 1. The quantitative estimate of drug-likeness (QED) is 0.719. The minimum absolute atomic E-state index is 0.0700. The van der Waals surface area contributed by atoms with Gasteiger partial charge in [0.05, 0.1) is 25.4 Å². The zero-order valence-electron chi connectivity index (χ0n) is 17.2. The molecule has 7 heteroatoms. The molecule has 7 nitrogen and oxygen atoms in total. The van der Waals surface area contributed by atoms with Crippen molar-refractivity contribution >= 4 is 5.91 Å². The zero-order valence-corrected chi connectivity index (χ0v) is 17.2. The average Bonchev–Trinajstić information content (AvgIpc) is 3.33. The Morgan fingerprint density at radius 2 is 2.03 bits per heavy atom. The lowest BCUT2D eigenvalue weighted by molar-refractivity contribution is 0.0161. The number of ether oxygens (including phenoxy) is 3. The van der Waals surface area contributed by atoms with Gasteiger partial charge >= 0.3 is 0 Å². The van der Waals surface area contributed by atoms with Gasteiger partial charge in [0.25, 0.3) is 5.91 Å². The second-order valence-corrected chi connectivity index (χ2v) is 7.63. The van der Waals surface area contributed by atoms with Crippen LogP contribution in [0.25, 0.3) is 0 Å². The lowest BCUT2D eigenvalue weighted by atomic mass is 10.1. The summed E-state index contributed by atoms with van der Waals surface area (Å²) in [4.78, 5) is 19.3. The normalized spacial score (nSPS) is 20.6. The van der Waals surface area contributed by atoms with E-state index in [1.165, 1.54) is 0 Å². The SMILES string of the molecule is O=C(NC[C@H](c1cccnc1)N1CCOCC1)c1ccc(OC[C@H]2CCCO2)cc1. The van der Waals surface area contributed by atoms with E-state index in [2.05, 4.69) is 21.3 Å². The third-order valence-electron chi connectivity index (χ3n) is 5.59. The van der Waals surface area contributed by atoms with Crippen LogP contribution in [0.1, 0.15) is 34.8 Å². The highest BCUT2D eigenvalue weighted by atomic mass is 16.5. The minimum Gasteiger partial charge on any atom is -0.491 e. The highest BCUT2D eigenvalue weighted by Crippen LogP contribution is 2.21. The van der Waals surface area contributed by atoms with E-state index in [0.717, 1.165) is 43.9 Å². The minimum atomic E-state index is -0.0946. The molecule has 160 valence electrons. The van der Waals surface area contributed by atoms with Crippen molar-refractivity contribution in [2.24, 2.45) is 0 Å². The second-order valence-electron chi connectivity index (χ2n) is 7.63. The van der Waals surface area contributed by atoms with E-state index in [1.807, 2.05) is 24.4 Å². The van der Waals surface area contributed by atoms with Crippen LogP contribution < -0.4 is 10.1 Å². The number of benzene rings is 1. The van der Waals surface area contributed by atoms with Crippen molar-refractivity contribution < 1.29 is 19.0 Å². The van der Waals surface area contributed by atoms with Crippen LogP contribution >= 0.6 is 0 Å². The van der Waals surface area contributed by atoms with E-state index in [0.29, 0.717) is 31.9 Å². The van der Waals surface area contributed by atoms with Crippen LogP contribution in [-0.2, 0) is 9.47 Å². The summed E-state index contributed by atoms with van der Waals surface area (Å²) in [5.74, 6) is 0.659. The summed E-state index contributed by atoms with van der Waals surface area (Å²) in [5, 5.41) is 3.08. The van der Waals surface area contributed by atoms with Crippen molar-refractivity contribution in [3.8, 4) is 5.75 Å². The van der Waals surface area contributed by atoms with Crippen molar-refractivity contribution in [1.82, 2.24) is 15.2 Å². The predicted molar refractivity (Wildman–Crippen MR) is 113 cm³/mol. The predicted octanol–water partition coefficient (Wildman–Crippen LogP) is 2.44. The molecule has 2 atom stereocenters. The van der Waals surface area contributed by atoms with Gasteiger partial charge in [0.1, 0.15) is 12.4 Å². The van der Waals surface area contributed by atoms with Gasteiger partial charge in [-0.05, 0) is 48.7 Å². The second kappa shape index (κ2) is 10.5. The number of carbonyl (C=O) groups excluding carboxylic acids is 1. The molecule has 3 heterocycles. The maximum absolute atomic E-state index is 12.7. The van der Waals surface area contributed by atoms with Gasteiger partial charge < -0.3 is 19.5 Å². The summed E-state index contributed by atoms with van der Waals surface area (Å²) < 4.78 is 16.8. The van der Waals surface area contributed by atoms with Crippen LogP contribution in [0, 0.1) is 0 Å². The lowest BCUT2D eigenvalue weighted by Crippen LogP contribution is -2.43. The summed E-state index contributed by atoms with van der Waals surface area (Å²) >= 11 is 0. The molecule has 0 spiro atoms. The molecule has 2 saturated heterocycles. The van der Waals surface area contributed by atoms with Crippen molar-refractivity contribution in [1.29, 1.82) is 0 Å². The van der Waals surface area contributed by atoms with Gasteiger partial charge in [-0.15, -0.1) is 0 Å². The number of amides is 1. The molecule has 0 saturated carbocycles. The van der Waals surface area contributed by atoms with E-state index in [4.69, 9.17) is 14.2 Å². The van der Waals surface area contributed by atoms with Crippen LogP contribution in [0.15, 0.2) is 48.8 Å². The molecule has 4 rings (SSSR count). The lowest BCUT2D eigenvalue weighted by Gasteiger charge is -2.34. The van der Waals surface area contributed by atoms with Crippen molar-refractivity contribution in [2.75, 3.05) is 46.1 Å². The molecule has 0 radical (unpaired) electrons. The van der Waals surface area contributed by atoms with Crippen molar-refractivity contribution in [3.05, 3.63) is 59.9 Å². The molecule has 1 amide bonds. The molecule has 0 aliphatic carbocycles.